The van der Waals surface area contributed by atoms with Crippen LogP contribution in [0.5, 0.6) is 5.75 Å². The first-order chi connectivity index (χ1) is 9.56. The van der Waals surface area contributed by atoms with Gasteiger partial charge in [0.05, 0.1) is 0 Å². The molecule has 0 unspecified atom stereocenters. The lowest BCUT2D eigenvalue weighted by Crippen LogP contribution is -2.32. The fraction of sp³-hybridized carbons (Fsp3) is 0.429. The van der Waals surface area contributed by atoms with Gasteiger partial charge >= 0.3 is 12.1 Å². The molecule has 0 aromatic heterocycles. The maximum atomic E-state index is 10.7. The average Bonchev–Trinajstić information content (AvgIpc) is 2.30. The Morgan fingerprint density at radius 2 is 1.90 bits per heavy atom. The van der Waals surface area contributed by atoms with E-state index in [0.29, 0.717) is 11.6 Å². The van der Waals surface area contributed by atoms with Gasteiger partial charge in [-0.05, 0) is 45.9 Å². The fourth-order valence-corrected chi connectivity index (χ4v) is 1.31. The lowest BCUT2D eigenvalue weighted by atomic mass is 10.2. The van der Waals surface area contributed by atoms with Crippen LogP contribution in [0, 0.1) is 0 Å². The lowest BCUT2D eigenvalue weighted by molar-refractivity contribution is 0.0530. The molecule has 0 spiro atoms. The van der Waals surface area contributed by atoms with Crippen LogP contribution in [-0.4, -0.2) is 34.4 Å². The van der Waals surface area contributed by atoms with Crippen molar-refractivity contribution in [3.63, 3.8) is 0 Å². The summed E-state index contributed by atoms with van der Waals surface area (Å²) >= 11 is 5.49. The van der Waals surface area contributed by atoms with Crippen molar-refractivity contribution in [1.82, 2.24) is 5.32 Å². The molecule has 6 nitrogen and oxygen atoms in total. The van der Waals surface area contributed by atoms with E-state index in [1.165, 1.54) is 18.2 Å². The van der Waals surface area contributed by atoms with Crippen molar-refractivity contribution in [3.8, 4) is 5.75 Å². The summed E-state index contributed by atoms with van der Waals surface area (Å²) in [5, 5.41) is 20.3. The highest BCUT2D eigenvalue weighted by atomic mass is 35.5. The molecular weight excluding hydrogens is 298 g/mol. The Kier molecular flexibility index (Phi) is 7.59. The van der Waals surface area contributed by atoms with Crippen LogP contribution in [-0.2, 0) is 4.74 Å². The Morgan fingerprint density at radius 3 is 2.29 bits per heavy atom. The van der Waals surface area contributed by atoms with E-state index in [2.05, 4.69) is 5.32 Å². The number of hydrogen-bond acceptors (Lipinski definition) is 4. The number of rotatable bonds is 2. The molecule has 0 aliphatic rings. The Morgan fingerprint density at radius 1 is 1.33 bits per heavy atom. The van der Waals surface area contributed by atoms with Gasteiger partial charge < -0.3 is 20.3 Å². The molecule has 0 atom stereocenters. The highest BCUT2D eigenvalue weighted by molar-refractivity contribution is 6.31. The van der Waals surface area contributed by atoms with Crippen molar-refractivity contribution in [1.29, 1.82) is 0 Å². The van der Waals surface area contributed by atoms with Crippen molar-refractivity contribution in [2.45, 2.75) is 33.3 Å². The van der Waals surface area contributed by atoms with Gasteiger partial charge in [-0.3, -0.25) is 0 Å². The van der Waals surface area contributed by atoms with Gasteiger partial charge in [0.2, 0.25) is 0 Å². The van der Waals surface area contributed by atoms with Crippen LogP contribution < -0.4 is 5.32 Å². The number of phenols is 1. The van der Waals surface area contributed by atoms with Crippen LogP contribution in [0.2, 0.25) is 5.02 Å². The van der Waals surface area contributed by atoms with E-state index < -0.39 is 5.97 Å². The highest BCUT2D eigenvalue weighted by Crippen LogP contribution is 2.20. The zero-order valence-electron chi connectivity index (χ0n) is 12.4. The minimum Gasteiger partial charge on any atom is -0.507 e. The predicted octanol–water partition coefficient (Wildman–Crippen LogP) is 3.27. The predicted molar refractivity (Wildman–Crippen MR) is 80.0 cm³/mol. The number of amides is 1. The van der Waals surface area contributed by atoms with E-state index in [1.54, 1.807) is 0 Å². The molecule has 0 bridgehead atoms. The molecule has 0 radical (unpaired) electrons. The Balaban J connectivity index is 0.000000384. The number of carbonyl (C=O) groups excluding carboxylic acids is 1. The molecule has 1 amide bonds. The molecule has 3 N–H and O–H groups in total. The smallest absolute Gasteiger partial charge is 0.407 e. The molecule has 1 rings (SSSR count). The van der Waals surface area contributed by atoms with Crippen LogP contribution in [0.15, 0.2) is 18.2 Å². The number of ether oxygens (including phenoxy) is 1. The number of benzene rings is 1. The molecule has 118 valence electrons. The monoisotopic (exact) mass is 317 g/mol. The summed E-state index contributed by atoms with van der Waals surface area (Å²) in [4.78, 5) is 21.1. The van der Waals surface area contributed by atoms with Crippen molar-refractivity contribution in [2.75, 3.05) is 6.54 Å². The van der Waals surface area contributed by atoms with Crippen LogP contribution >= 0.6 is 11.6 Å². The Hall–Kier alpha value is -1.95. The van der Waals surface area contributed by atoms with Crippen molar-refractivity contribution in [3.05, 3.63) is 28.8 Å². The van der Waals surface area contributed by atoms with Crippen LogP contribution in [0.1, 0.15) is 38.1 Å². The molecule has 1 aromatic carbocycles. The average molecular weight is 318 g/mol. The van der Waals surface area contributed by atoms with Gasteiger partial charge in [0.1, 0.15) is 16.9 Å². The summed E-state index contributed by atoms with van der Waals surface area (Å²) in [7, 11) is 0. The molecule has 0 saturated heterocycles. The summed E-state index contributed by atoms with van der Waals surface area (Å²) in [5.41, 5.74) is -0.572. The van der Waals surface area contributed by atoms with Gasteiger partial charge in [0, 0.05) is 11.6 Å². The van der Waals surface area contributed by atoms with Crippen molar-refractivity contribution >= 4 is 23.7 Å². The Labute approximate surface area is 128 Å². The number of alkyl carbamates (subject to hydrolysis) is 1. The van der Waals surface area contributed by atoms with Gasteiger partial charge in [0.25, 0.3) is 0 Å². The molecule has 0 fully saturated rings. The van der Waals surface area contributed by atoms with E-state index >= 15 is 0 Å². The number of carboxylic acid groups (broad SMARTS) is 1. The third kappa shape index (κ3) is 8.75. The topological polar surface area (TPSA) is 95.9 Å². The van der Waals surface area contributed by atoms with E-state index in [0.717, 1.165) is 0 Å². The summed E-state index contributed by atoms with van der Waals surface area (Å²) in [6.07, 6.45) is -0.352. The quantitative estimate of drug-likeness (QED) is 0.778. The summed E-state index contributed by atoms with van der Waals surface area (Å²) in [6, 6.07) is 3.86. The second-order valence-corrected chi connectivity index (χ2v) is 5.44. The fourth-order valence-electron chi connectivity index (χ4n) is 1.14. The number of carboxylic acids is 1. The van der Waals surface area contributed by atoms with Crippen LogP contribution in [0.3, 0.4) is 0 Å². The van der Waals surface area contributed by atoms with Crippen LogP contribution in [0.25, 0.3) is 0 Å². The van der Waals surface area contributed by atoms with Crippen molar-refractivity contribution in [2.24, 2.45) is 0 Å². The third-order valence-corrected chi connectivity index (χ3v) is 2.14. The van der Waals surface area contributed by atoms with E-state index in [4.69, 9.17) is 26.6 Å². The molecular formula is C14H20ClNO5. The molecule has 0 saturated carbocycles. The minimum absolute atomic E-state index is 0.183. The molecule has 1 aromatic rings. The largest absolute Gasteiger partial charge is 0.507 e. The number of hydrogen-bond donors (Lipinski definition) is 3. The number of nitrogens with one attached hydrogen (secondary N) is 1. The summed E-state index contributed by atoms with van der Waals surface area (Å²) in [6.45, 7) is 7.96. The lowest BCUT2D eigenvalue weighted by Gasteiger charge is -2.19. The first-order valence-corrected chi connectivity index (χ1v) is 6.63. The zero-order valence-corrected chi connectivity index (χ0v) is 13.2. The maximum Gasteiger partial charge on any atom is 0.407 e. The molecule has 21 heavy (non-hydrogen) atoms. The van der Waals surface area contributed by atoms with E-state index in [1.807, 2.05) is 27.7 Å². The van der Waals surface area contributed by atoms with Gasteiger partial charge in [-0.2, -0.15) is 0 Å². The molecule has 0 heterocycles. The molecule has 0 aliphatic heterocycles. The van der Waals surface area contributed by atoms with Gasteiger partial charge in [-0.1, -0.05) is 11.6 Å². The first-order valence-electron chi connectivity index (χ1n) is 6.25. The molecule has 7 heteroatoms. The number of carbonyl (C=O) groups is 2. The van der Waals surface area contributed by atoms with Gasteiger partial charge in [0.15, 0.2) is 0 Å². The van der Waals surface area contributed by atoms with E-state index in [-0.39, 0.29) is 23.0 Å². The highest BCUT2D eigenvalue weighted by Gasteiger charge is 2.14. The van der Waals surface area contributed by atoms with Crippen LogP contribution in [0.4, 0.5) is 4.79 Å². The number of aromatic carboxylic acids is 1. The van der Waals surface area contributed by atoms with Gasteiger partial charge in [-0.15, -0.1) is 0 Å². The maximum absolute atomic E-state index is 10.7. The molecule has 0 aliphatic carbocycles. The minimum atomic E-state index is -1.19. The standard InChI is InChI=1S/C7H5ClO3.C7H15NO2/c8-4-1-2-6(9)5(3-4)7(10)11;1-5-8-6(9)10-7(2,3)4/h1-3,9H,(H,10,11);5H2,1-4H3,(H,8,9). The first kappa shape index (κ1) is 19.1. The summed E-state index contributed by atoms with van der Waals surface area (Å²) in [5.74, 6) is -1.47. The number of halogens is 1. The zero-order chi connectivity index (χ0) is 16.6. The SMILES string of the molecule is CCNC(=O)OC(C)(C)C.O=C(O)c1cc(Cl)ccc1O. The second kappa shape index (κ2) is 8.36. The van der Waals surface area contributed by atoms with E-state index in [9.17, 15) is 9.59 Å². The third-order valence-electron chi connectivity index (χ3n) is 1.91. The number of aromatic hydroxyl groups is 1. The summed E-state index contributed by atoms with van der Waals surface area (Å²) < 4.78 is 4.93. The normalized spacial score (nSPS) is 10.1. The second-order valence-electron chi connectivity index (χ2n) is 5.00. The Bertz CT molecular complexity index is 497. The van der Waals surface area contributed by atoms with Gasteiger partial charge in [-0.25, -0.2) is 9.59 Å². The van der Waals surface area contributed by atoms with Crippen molar-refractivity contribution < 1.29 is 24.5 Å².